The maximum absolute atomic E-state index is 13.2. The summed E-state index contributed by atoms with van der Waals surface area (Å²) >= 11 is 5.94. The molecule has 0 amide bonds. The molecule has 6 heteroatoms. The minimum Gasteiger partial charge on any atom is -0.356 e. The van der Waals surface area contributed by atoms with Crippen molar-refractivity contribution in [1.29, 1.82) is 0 Å². The fourth-order valence-electron chi connectivity index (χ4n) is 2.86. The second-order valence-electron chi connectivity index (χ2n) is 5.95. The van der Waals surface area contributed by atoms with E-state index >= 15 is 0 Å². The SMILES string of the molecule is CC[C@H]1CO[C@@H](c2ccc(Cl)cc2)N1S(=O)(=O)c1ccc(C)cc1. The van der Waals surface area contributed by atoms with E-state index in [1.807, 2.05) is 38.1 Å². The molecule has 0 unspecified atom stereocenters. The number of halogens is 1. The molecule has 2 atom stereocenters. The monoisotopic (exact) mass is 365 g/mol. The van der Waals surface area contributed by atoms with E-state index in [4.69, 9.17) is 16.3 Å². The van der Waals surface area contributed by atoms with Crippen molar-refractivity contribution in [2.24, 2.45) is 0 Å². The first-order valence-electron chi connectivity index (χ1n) is 7.90. The lowest BCUT2D eigenvalue weighted by atomic mass is 10.2. The molecule has 0 aliphatic carbocycles. The third-order valence-corrected chi connectivity index (χ3v) is 6.42. The smallest absolute Gasteiger partial charge is 0.245 e. The van der Waals surface area contributed by atoms with E-state index < -0.39 is 16.3 Å². The quantitative estimate of drug-likeness (QED) is 0.817. The molecule has 0 saturated carbocycles. The Balaban J connectivity index is 2.02. The minimum absolute atomic E-state index is 0.183. The predicted octanol–water partition coefficient (Wildman–Crippen LogP) is 4.15. The van der Waals surface area contributed by atoms with E-state index in [2.05, 4.69) is 0 Å². The van der Waals surface area contributed by atoms with Crippen molar-refractivity contribution in [3.63, 3.8) is 0 Å². The molecule has 0 bridgehead atoms. The van der Waals surface area contributed by atoms with Gasteiger partial charge in [-0.05, 0) is 43.2 Å². The minimum atomic E-state index is -3.65. The van der Waals surface area contributed by atoms with Crippen molar-refractivity contribution >= 4 is 21.6 Å². The van der Waals surface area contributed by atoms with Gasteiger partial charge in [-0.25, -0.2) is 8.42 Å². The van der Waals surface area contributed by atoms with E-state index in [-0.39, 0.29) is 10.9 Å². The molecule has 1 saturated heterocycles. The van der Waals surface area contributed by atoms with E-state index in [1.54, 1.807) is 24.3 Å². The first-order valence-corrected chi connectivity index (χ1v) is 9.72. The van der Waals surface area contributed by atoms with Gasteiger partial charge in [0, 0.05) is 5.02 Å². The highest BCUT2D eigenvalue weighted by molar-refractivity contribution is 7.89. The highest BCUT2D eigenvalue weighted by Gasteiger charge is 2.43. The van der Waals surface area contributed by atoms with Crippen LogP contribution < -0.4 is 0 Å². The highest BCUT2D eigenvalue weighted by Crippen LogP contribution is 2.37. The van der Waals surface area contributed by atoms with Gasteiger partial charge in [0.05, 0.1) is 17.5 Å². The van der Waals surface area contributed by atoms with Crippen LogP contribution in [0.15, 0.2) is 53.4 Å². The van der Waals surface area contributed by atoms with Crippen molar-refractivity contribution in [2.45, 2.75) is 37.4 Å². The Morgan fingerprint density at radius 1 is 1.12 bits per heavy atom. The zero-order valence-corrected chi connectivity index (χ0v) is 15.2. The Morgan fingerprint density at radius 3 is 2.33 bits per heavy atom. The van der Waals surface area contributed by atoms with Crippen LogP contribution in [0.2, 0.25) is 5.02 Å². The Bertz CT molecular complexity index is 803. The normalized spacial score (nSPS) is 22.0. The van der Waals surface area contributed by atoms with E-state index in [1.165, 1.54) is 4.31 Å². The second-order valence-corrected chi connectivity index (χ2v) is 8.23. The molecule has 0 spiro atoms. The Labute approximate surface area is 148 Å². The number of sulfonamides is 1. The number of nitrogens with zero attached hydrogens (tertiary/aromatic N) is 1. The number of aryl methyl sites for hydroxylation is 1. The summed E-state index contributed by atoms with van der Waals surface area (Å²) in [5.74, 6) is 0. The van der Waals surface area contributed by atoms with Gasteiger partial charge < -0.3 is 4.74 Å². The van der Waals surface area contributed by atoms with E-state index in [0.29, 0.717) is 18.1 Å². The van der Waals surface area contributed by atoms with Crippen LogP contribution >= 0.6 is 11.6 Å². The van der Waals surface area contributed by atoms with E-state index in [0.717, 1.165) is 11.1 Å². The lowest BCUT2D eigenvalue weighted by molar-refractivity contribution is 0.0681. The van der Waals surface area contributed by atoms with Gasteiger partial charge in [-0.2, -0.15) is 4.31 Å². The molecule has 128 valence electrons. The largest absolute Gasteiger partial charge is 0.356 e. The standard InChI is InChI=1S/C18H20ClNO3S/c1-3-16-12-23-18(14-6-8-15(19)9-7-14)20(16)24(21,22)17-10-4-13(2)5-11-17/h4-11,16,18H,3,12H2,1-2H3/t16-,18-/m0/s1. The Hall–Kier alpha value is -1.40. The summed E-state index contributed by atoms with van der Waals surface area (Å²) in [5.41, 5.74) is 1.80. The molecule has 1 fully saturated rings. The molecule has 24 heavy (non-hydrogen) atoms. The fourth-order valence-corrected chi connectivity index (χ4v) is 4.75. The van der Waals surface area contributed by atoms with Crippen LogP contribution in [0, 0.1) is 6.92 Å². The van der Waals surface area contributed by atoms with Gasteiger partial charge in [-0.15, -0.1) is 0 Å². The average Bonchev–Trinajstić information content (AvgIpc) is 3.01. The summed E-state index contributed by atoms with van der Waals surface area (Å²) in [6, 6.07) is 13.8. The zero-order chi connectivity index (χ0) is 17.3. The third-order valence-electron chi connectivity index (χ3n) is 4.26. The molecule has 1 heterocycles. The first-order chi connectivity index (χ1) is 11.4. The van der Waals surface area contributed by atoms with Crippen LogP contribution in [-0.4, -0.2) is 25.4 Å². The van der Waals surface area contributed by atoms with Crippen LogP contribution in [-0.2, 0) is 14.8 Å². The summed E-state index contributed by atoms with van der Waals surface area (Å²) in [5, 5.41) is 0.608. The molecule has 2 aromatic rings. The average molecular weight is 366 g/mol. The van der Waals surface area contributed by atoms with Crippen molar-refractivity contribution in [3.8, 4) is 0 Å². The molecule has 0 N–H and O–H groups in total. The Kier molecular flexibility index (Phi) is 4.97. The number of benzene rings is 2. The lowest BCUT2D eigenvalue weighted by Gasteiger charge is -2.27. The van der Waals surface area contributed by atoms with Gasteiger partial charge in [0.1, 0.15) is 6.23 Å². The molecular weight excluding hydrogens is 346 g/mol. The summed E-state index contributed by atoms with van der Waals surface area (Å²) in [6.45, 7) is 4.28. The van der Waals surface area contributed by atoms with Gasteiger partial charge in [0.15, 0.2) is 0 Å². The molecule has 2 aromatic carbocycles. The number of ether oxygens (including phenoxy) is 1. The molecular formula is C18H20ClNO3S. The van der Waals surface area contributed by atoms with Crippen molar-refractivity contribution in [1.82, 2.24) is 4.31 Å². The van der Waals surface area contributed by atoms with Gasteiger partial charge in [-0.3, -0.25) is 0 Å². The summed E-state index contributed by atoms with van der Waals surface area (Å²) in [4.78, 5) is 0.288. The van der Waals surface area contributed by atoms with Gasteiger partial charge >= 0.3 is 0 Å². The summed E-state index contributed by atoms with van der Waals surface area (Å²) in [7, 11) is -3.65. The molecule has 0 radical (unpaired) electrons. The van der Waals surface area contributed by atoms with Gasteiger partial charge in [-0.1, -0.05) is 48.4 Å². The number of hydrogen-bond acceptors (Lipinski definition) is 3. The topological polar surface area (TPSA) is 46.6 Å². The molecule has 3 rings (SSSR count). The van der Waals surface area contributed by atoms with Crippen LogP contribution in [0.25, 0.3) is 0 Å². The van der Waals surface area contributed by atoms with Crippen molar-refractivity contribution < 1.29 is 13.2 Å². The van der Waals surface area contributed by atoms with Crippen LogP contribution in [0.1, 0.15) is 30.7 Å². The summed E-state index contributed by atoms with van der Waals surface area (Å²) < 4.78 is 33.7. The zero-order valence-electron chi connectivity index (χ0n) is 13.6. The van der Waals surface area contributed by atoms with Crippen LogP contribution in [0.3, 0.4) is 0 Å². The lowest BCUT2D eigenvalue weighted by Crippen LogP contribution is -2.38. The van der Waals surface area contributed by atoms with Crippen molar-refractivity contribution in [3.05, 3.63) is 64.7 Å². The molecule has 0 aromatic heterocycles. The maximum atomic E-state index is 13.2. The third kappa shape index (κ3) is 3.22. The van der Waals surface area contributed by atoms with E-state index in [9.17, 15) is 8.42 Å². The predicted molar refractivity (Wildman–Crippen MR) is 94.4 cm³/mol. The highest BCUT2D eigenvalue weighted by atomic mass is 35.5. The fraction of sp³-hybridized carbons (Fsp3) is 0.333. The van der Waals surface area contributed by atoms with Gasteiger partial charge in [0.2, 0.25) is 10.0 Å². The molecule has 1 aliphatic rings. The number of rotatable bonds is 4. The van der Waals surface area contributed by atoms with Gasteiger partial charge in [0.25, 0.3) is 0 Å². The molecule has 1 aliphatic heterocycles. The maximum Gasteiger partial charge on any atom is 0.245 e. The summed E-state index contributed by atoms with van der Waals surface area (Å²) in [6.07, 6.45) is 0.0633. The van der Waals surface area contributed by atoms with Crippen LogP contribution in [0.4, 0.5) is 0 Å². The number of hydrogen-bond donors (Lipinski definition) is 0. The molecule has 4 nitrogen and oxygen atoms in total. The van der Waals surface area contributed by atoms with Crippen LogP contribution in [0.5, 0.6) is 0 Å². The first kappa shape index (κ1) is 17.4. The second kappa shape index (κ2) is 6.84. The Morgan fingerprint density at radius 2 is 1.75 bits per heavy atom. The van der Waals surface area contributed by atoms with Crippen molar-refractivity contribution in [2.75, 3.05) is 6.61 Å².